The molecule has 0 N–H and O–H groups in total. The van der Waals surface area contributed by atoms with Crippen LogP contribution in [-0.4, -0.2) is 20.1 Å². The van der Waals surface area contributed by atoms with E-state index in [1.165, 1.54) is 11.1 Å². The van der Waals surface area contributed by atoms with Crippen LogP contribution >= 0.6 is 0 Å². The molecule has 0 unspecified atom stereocenters. The Hall–Kier alpha value is -0.612. The van der Waals surface area contributed by atoms with Gasteiger partial charge in [0.1, 0.15) is 0 Å². The molecule has 0 spiro atoms. The van der Waals surface area contributed by atoms with Crippen molar-refractivity contribution < 1.29 is 0 Å². The van der Waals surface area contributed by atoms with E-state index in [1.807, 2.05) is 0 Å². The van der Waals surface area contributed by atoms with Crippen LogP contribution in [0.25, 0.3) is 6.08 Å². The van der Waals surface area contributed by atoms with Crippen LogP contribution in [0, 0.1) is 0 Å². The van der Waals surface area contributed by atoms with E-state index < -0.39 is 0 Å². The van der Waals surface area contributed by atoms with Gasteiger partial charge in [-0.3, -0.25) is 0 Å². The monoisotopic (exact) mass is 189 g/mol. The molecule has 2 rings (SSSR count). The van der Waals surface area contributed by atoms with Crippen molar-refractivity contribution in [2.75, 3.05) is 0 Å². The molecule has 47 valence electrons. The minimum atomic E-state index is 0.222. The Morgan fingerprint density at radius 1 is 1.20 bits per heavy atom. The van der Waals surface area contributed by atoms with Crippen LogP contribution in [0.15, 0.2) is 29.1 Å². The molecule has 0 nitrogen and oxygen atoms in total. The van der Waals surface area contributed by atoms with Crippen molar-refractivity contribution in [1.29, 1.82) is 0 Å². The zero-order valence-corrected chi connectivity index (χ0v) is 7.29. The van der Waals surface area contributed by atoms with E-state index in [2.05, 4.69) is 40.0 Å². The quantitative estimate of drug-likeness (QED) is 0.541. The number of hydrogen-bond donors (Lipinski definition) is 0. The molecule has 1 heteroatoms. The van der Waals surface area contributed by atoms with Crippen LogP contribution in [0.4, 0.5) is 0 Å². The van der Waals surface area contributed by atoms with Crippen LogP contribution in [-0.2, 0) is 0 Å². The molecular formula is C9H6As. The van der Waals surface area contributed by atoms with Gasteiger partial charge in [-0.15, -0.1) is 0 Å². The number of fused-ring (bicyclic) bond motifs is 1. The summed E-state index contributed by atoms with van der Waals surface area (Å²) >= 11 is 0.222. The third kappa shape index (κ3) is 0.997. The average molecular weight is 189 g/mol. The molecule has 0 saturated carbocycles. The second-order valence-electron chi connectivity index (χ2n) is 2.14. The van der Waals surface area contributed by atoms with Crippen molar-refractivity contribution in [1.82, 2.24) is 0 Å². The summed E-state index contributed by atoms with van der Waals surface area (Å²) in [5.41, 5.74) is 2.59. The first-order chi connectivity index (χ1) is 4.97. The number of hydrogen-bond acceptors (Lipinski definition) is 0. The second-order valence-corrected chi connectivity index (χ2v) is 3.78. The van der Waals surface area contributed by atoms with Gasteiger partial charge in [-0.25, -0.2) is 0 Å². The van der Waals surface area contributed by atoms with E-state index in [0.717, 1.165) is 0 Å². The molecule has 1 heterocycles. The molecule has 0 aliphatic carbocycles. The second kappa shape index (κ2) is 2.55. The van der Waals surface area contributed by atoms with E-state index in [9.17, 15) is 0 Å². The standard InChI is InChI=1S/C9H6As/c1-2-4-9-7-10-6-5-8(9)3-1/h1-6H. The summed E-state index contributed by atoms with van der Waals surface area (Å²) in [5.74, 6) is 0. The van der Waals surface area contributed by atoms with Crippen molar-refractivity contribution in [3.05, 3.63) is 40.3 Å². The van der Waals surface area contributed by atoms with Gasteiger partial charge in [0.05, 0.1) is 0 Å². The van der Waals surface area contributed by atoms with Crippen molar-refractivity contribution in [2.45, 2.75) is 0 Å². The normalized spacial score (nSPS) is 14.8. The fourth-order valence-corrected chi connectivity index (χ4v) is 2.34. The maximum absolute atomic E-state index is 3.37. The van der Waals surface area contributed by atoms with Crippen LogP contribution in [0.2, 0.25) is 0 Å². The third-order valence-corrected chi connectivity index (χ3v) is 2.88. The van der Waals surface area contributed by atoms with Crippen molar-refractivity contribution >= 4 is 26.2 Å². The van der Waals surface area contributed by atoms with Crippen molar-refractivity contribution in [3.63, 3.8) is 0 Å². The van der Waals surface area contributed by atoms with Gasteiger partial charge < -0.3 is 0 Å². The van der Waals surface area contributed by atoms with Gasteiger partial charge in [-0.05, 0) is 0 Å². The molecule has 1 aliphatic rings. The van der Waals surface area contributed by atoms with Gasteiger partial charge >= 0.3 is 66.4 Å². The molecule has 0 fully saturated rings. The Labute approximate surface area is 66.8 Å². The molecule has 1 aliphatic heterocycles. The zero-order valence-electron chi connectivity index (χ0n) is 5.41. The molecule has 0 atom stereocenters. The molecule has 0 bridgehead atoms. The van der Waals surface area contributed by atoms with Crippen molar-refractivity contribution in [2.24, 2.45) is 0 Å². The van der Waals surface area contributed by atoms with Crippen LogP contribution in [0.3, 0.4) is 0 Å². The Morgan fingerprint density at radius 2 is 2.10 bits per heavy atom. The number of benzene rings is 1. The average Bonchev–Trinajstić information content (AvgIpc) is 2.05. The predicted octanol–water partition coefficient (Wildman–Crippen LogP) is 1.40. The summed E-state index contributed by atoms with van der Waals surface area (Å²) in [6, 6.07) is 8.37. The Kier molecular flexibility index (Phi) is 1.56. The van der Waals surface area contributed by atoms with Gasteiger partial charge in [0, 0.05) is 0 Å². The Morgan fingerprint density at radius 3 is 3.00 bits per heavy atom. The molecule has 0 saturated heterocycles. The van der Waals surface area contributed by atoms with E-state index >= 15 is 0 Å². The van der Waals surface area contributed by atoms with E-state index in [-0.39, 0.29) is 15.3 Å². The van der Waals surface area contributed by atoms with Gasteiger partial charge in [-0.2, -0.15) is 0 Å². The molecule has 1 aromatic carbocycles. The topological polar surface area (TPSA) is 0 Å². The zero-order chi connectivity index (χ0) is 6.81. The summed E-state index contributed by atoms with van der Waals surface area (Å²) < 4.78 is 0. The molecule has 0 aromatic heterocycles. The summed E-state index contributed by atoms with van der Waals surface area (Å²) in [4.78, 5) is 5.59. The van der Waals surface area contributed by atoms with E-state index in [0.29, 0.717) is 0 Å². The van der Waals surface area contributed by atoms with Crippen LogP contribution in [0.1, 0.15) is 11.1 Å². The van der Waals surface area contributed by atoms with Gasteiger partial charge in [-0.1, -0.05) is 0 Å². The summed E-state index contributed by atoms with van der Waals surface area (Å²) in [7, 11) is 0. The number of rotatable bonds is 0. The summed E-state index contributed by atoms with van der Waals surface area (Å²) in [6.07, 6.45) is 2.19. The molecule has 1 radical (unpaired) electrons. The first-order valence-electron chi connectivity index (χ1n) is 3.18. The first kappa shape index (κ1) is 6.12. The predicted molar refractivity (Wildman–Crippen MR) is 45.3 cm³/mol. The summed E-state index contributed by atoms with van der Waals surface area (Å²) in [5, 5.41) is 0. The van der Waals surface area contributed by atoms with Gasteiger partial charge in [0.15, 0.2) is 0 Å². The minimum absolute atomic E-state index is 0.222. The SMILES string of the molecule is [C]1=[As]C=Cc2ccccc21. The molecule has 10 heavy (non-hydrogen) atoms. The Balaban J connectivity index is 2.65. The summed E-state index contributed by atoms with van der Waals surface area (Å²) in [6.45, 7) is 0. The third-order valence-electron chi connectivity index (χ3n) is 1.47. The van der Waals surface area contributed by atoms with Gasteiger partial charge in [0.25, 0.3) is 0 Å². The van der Waals surface area contributed by atoms with Crippen LogP contribution in [0.5, 0.6) is 0 Å². The van der Waals surface area contributed by atoms with Crippen LogP contribution < -0.4 is 0 Å². The van der Waals surface area contributed by atoms with E-state index in [1.54, 1.807) is 0 Å². The molecule has 0 amide bonds. The fourth-order valence-electron chi connectivity index (χ4n) is 0.969. The maximum atomic E-state index is 3.37. The Bertz CT molecular complexity index is 266. The van der Waals surface area contributed by atoms with Gasteiger partial charge in [0.2, 0.25) is 0 Å². The first-order valence-corrected chi connectivity index (χ1v) is 5.20. The fraction of sp³-hybridized carbons (Fsp3) is 0. The van der Waals surface area contributed by atoms with E-state index in [4.69, 9.17) is 0 Å². The molecular weight excluding hydrogens is 183 g/mol. The van der Waals surface area contributed by atoms with Crippen molar-refractivity contribution in [3.8, 4) is 0 Å². The molecule has 1 aromatic rings.